The zero-order chi connectivity index (χ0) is 12.7. The average molecular weight is 238 g/mol. The van der Waals surface area contributed by atoms with Gasteiger partial charge in [-0.15, -0.1) is 0 Å². The lowest BCUT2D eigenvalue weighted by Crippen LogP contribution is -2.51. The van der Waals surface area contributed by atoms with Gasteiger partial charge >= 0.3 is 0 Å². The number of nitrogens with zero attached hydrogens (tertiary/aromatic N) is 1. The van der Waals surface area contributed by atoms with Gasteiger partial charge in [0.25, 0.3) is 0 Å². The second-order valence-electron chi connectivity index (χ2n) is 4.92. The minimum atomic E-state index is 0.140. The maximum Gasteiger partial charge on any atom is 0.0947 e. The summed E-state index contributed by atoms with van der Waals surface area (Å²) in [4.78, 5) is 2.39. The van der Waals surface area contributed by atoms with Crippen LogP contribution in [0, 0.1) is 0 Å². The molecule has 0 spiro atoms. The van der Waals surface area contributed by atoms with Crippen molar-refractivity contribution in [3.8, 4) is 0 Å². The number of nitrogens with two attached hydrogens (primary N) is 1. The van der Waals surface area contributed by atoms with Crippen LogP contribution in [-0.4, -0.2) is 24.0 Å². The molecule has 0 aliphatic carbocycles. The summed E-state index contributed by atoms with van der Waals surface area (Å²) < 4.78 is 5.12. The van der Waals surface area contributed by atoms with Crippen molar-refractivity contribution < 1.29 is 4.42 Å². The molecule has 0 radical (unpaired) electrons. The van der Waals surface area contributed by atoms with Crippen molar-refractivity contribution in [2.45, 2.75) is 51.6 Å². The van der Waals surface area contributed by atoms with E-state index >= 15 is 0 Å². The second kappa shape index (κ2) is 6.82. The van der Waals surface area contributed by atoms with Gasteiger partial charge in [-0.05, 0) is 26.0 Å². The zero-order valence-electron chi connectivity index (χ0n) is 11.4. The fraction of sp³-hybridized carbons (Fsp3) is 0.714. The summed E-state index contributed by atoms with van der Waals surface area (Å²) in [6.45, 7) is 6.09. The molecule has 1 heterocycles. The molecule has 0 amide bonds. The van der Waals surface area contributed by atoms with Crippen LogP contribution in [0.2, 0.25) is 0 Å². The monoisotopic (exact) mass is 238 g/mol. The fourth-order valence-electron chi connectivity index (χ4n) is 2.62. The summed E-state index contributed by atoms with van der Waals surface area (Å²) in [6.07, 6.45) is 8.21. The Bertz CT molecular complexity index is 289. The smallest absolute Gasteiger partial charge is 0.0947 e. The molecule has 1 rings (SSSR count). The van der Waals surface area contributed by atoms with Gasteiger partial charge in [0.15, 0.2) is 0 Å². The Morgan fingerprint density at radius 2 is 1.94 bits per heavy atom. The number of furan rings is 1. The third kappa shape index (κ3) is 3.58. The summed E-state index contributed by atoms with van der Waals surface area (Å²) >= 11 is 0. The van der Waals surface area contributed by atoms with E-state index in [-0.39, 0.29) is 5.54 Å². The molecule has 0 bridgehead atoms. The van der Waals surface area contributed by atoms with Gasteiger partial charge in [0, 0.05) is 24.2 Å². The third-order valence-corrected chi connectivity index (χ3v) is 3.62. The van der Waals surface area contributed by atoms with Crippen LogP contribution < -0.4 is 5.73 Å². The standard InChI is InChI=1S/C14H26N2O/c1-4-7-14(12-15,8-5-2)16(3)10-13-6-9-17-11-13/h6,9,11H,4-5,7-8,10,12,15H2,1-3H3. The van der Waals surface area contributed by atoms with Gasteiger partial charge in [0.1, 0.15) is 0 Å². The van der Waals surface area contributed by atoms with Crippen LogP contribution in [0.3, 0.4) is 0 Å². The Labute approximate surface area is 105 Å². The molecular formula is C14H26N2O. The SMILES string of the molecule is CCCC(CN)(CCC)N(C)Cc1ccoc1. The van der Waals surface area contributed by atoms with Crippen LogP contribution in [0.1, 0.15) is 45.1 Å². The normalized spacial score (nSPS) is 12.3. The highest BCUT2D eigenvalue weighted by atomic mass is 16.3. The highest BCUT2D eigenvalue weighted by Gasteiger charge is 2.31. The first-order valence-corrected chi connectivity index (χ1v) is 6.61. The lowest BCUT2D eigenvalue weighted by molar-refractivity contribution is 0.0953. The second-order valence-corrected chi connectivity index (χ2v) is 4.92. The summed E-state index contributed by atoms with van der Waals surface area (Å²) in [5.74, 6) is 0. The topological polar surface area (TPSA) is 42.4 Å². The van der Waals surface area contributed by atoms with Gasteiger partial charge in [-0.25, -0.2) is 0 Å². The minimum absolute atomic E-state index is 0.140. The number of hydrogen-bond donors (Lipinski definition) is 1. The van der Waals surface area contributed by atoms with E-state index < -0.39 is 0 Å². The fourth-order valence-corrected chi connectivity index (χ4v) is 2.62. The van der Waals surface area contributed by atoms with E-state index in [1.54, 1.807) is 6.26 Å². The van der Waals surface area contributed by atoms with Crippen LogP contribution in [0.5, 0.6) is 0 Å². The van der Waals surface area contributed by atoms with Crippen molar-refractivity contribution >= 4 is 0 Å². The van der Waals surface area contributed by atoms with E-state index in [9.17, 15) is 0 Å². The zero-order valence-corrected chi connectivity index (χ0v) is 11.4. The lowest BCUT2D eigenvalue weighted by Gasteiger charge is -2.41. The van der Waals surface area contributed by atoms with E-state index in [4.69, 9.17) is 10.2 Å². The molecule has 0 atom stereocenters. The first-order valence-electron chi connectivity index (χ1n) is 6.61. The summed E-state index contributed by atoms with van der Waals surface area (Å²) in [5, 5.41) is 0. The maximum absolute atomic E-state index is 6.04. The number of likely N-dealkylation sites (N-methyl/N-ethyl adjacent to an activating group) is 1. The van der Waals surface area contributed by atoms with Gasteiger partial charge in [0.05, 0.1) is 12.5 Å². The van der Waals surface area contributed by atoms with Crippen LogP contribution in [0.4, 0.5) is 0 Å². The predicted molar refractivity (Wildman–Crippen MR) is 71.8 cm³/mol. The molecule has 17 heavy (non-hydrogen) atoms. The molecular weight excluding hydrogens is 212 g/mol. The molecule has 3 heteroatoms. The van der Waals surface area contributed by atoms with Gasteiger partial charge in [-0.1, -0.05) is 26.7 Å². The predicted octanol–water partition coefficient (Wildman–Crippen LogP) is 3.01. The van der Waals surface area contributed by atoms with E-state index in [1.807, 2.05) is 12.3 Å². The van der Waals surface area contributed by atoms with Crippen LogP contribution >= 0.6 is 0 Å². The van der Waals surface area contributed by atoms with Gasteiger partial charge in [-0.3, -0.25) is 4.90 Å². The molecule has 0 aliphatic rings. The number of rotatable bonds is 8. The van der Waals surface area contributed by atoms with Crippen LogP contribution in [-0.2, 0) is 6.54 Å². The lowest BCUT2D eigenvalue weighted by atomic mass is 9.87. The van der Waals surface area contributed by atoms with Crippen molar-refractivity contribution in [2.24, 2.45) is 5.73 Å². The molecule has 0 fully saturated rings. The largest absolute Gasteiger partial charge is 0.472 e. The molecule has 0 saturated carbocycles. The molecule has 0 aliphatic heterocycles. The van der Waals surface area contributed by atoms with E-state index in [2.05, 4.69) is 25.8 Å². The van der Waals surface area contributed by atoms with Gasteiger partial charge < -0.3 is 10.2 Å². The molecule has 0 unspecified atom stereocenters. The van der Waals surface area contributed by atoms with E-state index in [0.29, 0.717) is 0 Å². The Balaban J connectivity index is 2.73. The Morgan fingerprint density at radius 3 is 2.35 bits per heavy atom. The Kier molecular flexibility index (Phi) is 5.72. The first kappa shape index (κ1) is 14.3. The Hall–Kier alpha value is -0.800. The van der Waals surface area contributed by atoms with Crippen molar-refractivity contribution in [1.29, 1.82) is 0 Å². The molecule has 1 aromatic heterocycles. The van der Waals surface area contributed by atoms with Crippen LogP contribution in [0.25, 0.3) is 0 Å². The number of hydrogen-bond acceptors (Lipinski definition) is 3. The molecule has 0 aromatic carbocycles. The van der Waals surface area contributed by atoms with Crippen molar-refractivity contribution in [2.75, 3.05) is 13.6 Å². The molecule has 1 aromatic rings. The summed E-state index contributed by atoms with van der Waals surface area (Å²) in [5.41, 5.74) is 7.40. The van der Waals surface area contributed by atoms with E-state index in [0.717, 1.165) is 25.9 Å². The van der Waals surface area contributed by atoms with Gasteiger partial charge in [-0.2, -0.15) is 0 Å². The highest BCUT2D eigenvalue weighted by molar-refractivity contribution is 5.06. The first-order chi connectivity index (χ1) is 8.18. The third-order valence-electron chi connectivity index (χ3n) is 3.62. The highest BCUT2D eigenvalue weighted by Crippen LogP contribution is 2.26. The molecule has 3 nitrogen and oxygen atoms in total. The van der Waals surface area contributed by atoms with Crippen molar-refractivity contribution in [3.05, 3.63) is 24.2 Å². The van der Waals surface area contributed by atoms with Crippen molar-refractivity contribution in [1.82, 2.24) is 4.90 Å². The summed E-state index contributed by atoms with van der Waals surface area (Å²) in [6, 6.07) is 2.02. The maximum atomic E-state index is 6.04. The summed E-state index contributed by atoms with van der Waals surface area (Å²) in [7, 11) is 2.17. The molecule has 98 valence electrons. The van der Waals surface area contributed by atoms with Gasteiger partial charge in [0.2, 0.25) is 0 Å². The quantitative estimate of drug-likeness (QED) is 0.757. The minimum Gasteiger partial charge on any atom is -0.472 e. The van der Waals surface area contributed by atoms with Crippen molar-refractivity contribution in [3.63, 3.8) is 0 Å². The van der Waals surface area contributed by atoms with E-state index in [1.165, 1.54) is 18.4 Å². The van der Waals surface area contributed by atoms with Crippen LogP contribution in [0.15, 0.2) is 23.0 Å². The molecule has 2 N–H and O–H groups in total. The Morgan fingerprint density at radius 1 is 1.29 bits per heavy atom. The molecule has 0 saturated heterocycles. The average Bonchev–Trinajstić information content (AvgIpc) is 2.81.